The normalized spacial score (nSPS) is 14.6. The lowest BCUT2D eigenvalue weighted by Crippen LogP contribution is -2.08. The van der Waals surface area contributed by atoms with Crippen molar-refractivity contribution in [3.63, 3.8) is 0 Å². The second-order valence-electron chi connectivity index (χ2n) is 3.92. The van der Waals surface area contributed by atoms with Gasteiger partial charge in [0, 0.05) is 0 Å². The van der Waals surface area contributed by atoms with E-state index in [4.69, 9.17) is 9.47 Å². The molecule has 3 heteroatoms. The molecule has 3 nitrogen and oxygen atoms in total. The van der Waals surface area contributed by atoms with Gasteiger partial charge in [-0.05, 0) is 37.3 Å². The Kier molecular flexibility index (Phi) is 3.13. The van der Waals surface area contributed by atoms with Gasteiger partial charge in [-0.3, -0.25) is 0 Å². The highest BCUT2D eigenvalue weighted by atomic mass is 16.5. The SMILES string of the molecule is CCOC(=O)c1cccc(C2CC2)c1OC. The molecule has 1 aromatic rings. The molecule has 1 saturated carbocycles. The topological polar surface area (TPSA) is 35.5 Å². The number of hydrogen-bond acceptors (Lipinski definition) is 3. The zero-order chi connectivity index (χ0) is 11.5. The molecular weight excluding hydrogens is 204 g/mol. The molecule has 0 radical (unpaired) electrons. The molecule has 1 aromatic carbocycles. The van der Waals surface area contributed by atoms with E-state index in [0.717, 1.165) is 5.56 Å². The predicted molar refractivity (Wildman–Crippen MR) is 60.9 cm³/mol. The summed E-state index contributed by atoms with van der Waals surface area (Å²) in [6, 6.07) is 5.67. The first-order chi connectivity index (χ1) is 7.77. The van der Waals surface area contributed by atoms with Crippen LogP contribution in [-0.4, -0.2) is 19.7 Å². The van der Waals surface area contributed by atoms with Gasteiger partial charge in [-0.1, -0.05) is 12.1 Å². The fourth-order valence-corrected chi connectivity index (χ4v) is 1.87. The van der Waals surface area contributed by atoms with Crippen molar-refractivity contribution < 1.29 is 14.3 Å². The molecule has 0 spiro atoms. The second kappa shape index (κ2) is 4.56. The molecule has 0 atom stereocenters. The van der Waals surface area contributed by atoms with E-state index >= 15 is 0 Å². The minimum Gasteiger partial charge on any atom is -0.496 e. The fraction of sp³-hybridized carbons (Fsp3) is 0.462. The van der Waals surface area contributed by atoms with E-state index in [1.165, 1.54) is 12.8 Å². The van der Waals surface area contributed by atoms with Gasteiger partial charge in [-0.2, -0.15) is 0 Å². The third-order valence-electron chi connectivity index (χ3n) is 2.76. The number of benzene rings is 1. The van der Waals surface area contributed by atoms with Crippen molar-refractivity contribution >= 4 is 5.97 Å². The van der Waals surface area contributed by atoms with Crippen LogP contribution in [0, 0.1) is 0 Å². The quantitative estimate of drug-likeness (QED) is 0.732. The van der Waals surface area contributed by atoms with Crippen molar-refractivity contribution in [3.05, 3.63) is 29.3 Å². The van der Waals surface area contributed by atoms with Crippen LogP contribution >= 0.6 is 0 Å². The molecule has 2 rings (SSSR count). The summed E-state index contributed by atoms with van der Waals surface area (Å²) in [7, 11) is 1.60. The van der Waals surface area contributed by atoms with Crippen LogP contribution in [-0.2, 0) is 4.74 Å². The molecule has 0 amide bonds. The van der Waals surface area contributed by atoms with Crippen LogP contribution in [0.5, 0.6) is 5.75 Å². The van der Waals surface area contributed by atoms with Gasteiger partial charge in [0.25, 0.3) is 0 Å². The van der Waals surface area contributed by atoms with Crippen LogP contribution in [0.25, 0.3) is 0 Å². The number of carbonyl (C=O) groups excluding carboxylic acids is 1. The Labute approximate surface area is 95.4 Å². The van der Waals surface area contributed by atoms with Gasteiger partial charge in [-0.15, -0.1) is 0 Å². The minimum atomic E-state index is -0.304. The molecule has 0 heterocycles. The number of ether oxygens (including phenoxy) is 2. The van der Waals surface area contributed by atoms with E-state index in [0.29, 0.717) is 23.8 Å². The van der Waals surface area contributed by atoms with Gasteiger partial charge in [0.1, 0.15) is 11.3 Å². The van der Waals surface area contributed by atoms with Crippen LogP contribution in [0.4, 0.5) is 0 Å². The lowest BCUT2D eigenvalue weighted by atomic mass is 10.0. The van der Waals surface area contributed by atoms with Crippen molar-refractivity contribution in [2.45, 2.75) is 25.7 Å². The summed E-state index contributed by atoms with van der Waals surface area (Å²) >= 11 is 0. The number of rotatable bonds is 4. The van der Waals surface area contributed by atoms with Crippen molar-refractivity contribution in [2.75, 3.05) is 13.7 Å². The largest absolute Gasteiger partial charge is 0.496 e. The Hall–Kier alpha value is -1.51. The zero-order valence-electron chi connectivity index (χ0n) is 9.66. The number of para-hydroxylation sites is 1. The first-order valence-electron chi connectivity index (χ1n) is 5.62. The van der Waals surface area contributed by atoms with E-state index in [1.807, 2.05) is 12.1 Å². The zero-order valence-corrected chi connectivity index (χ0v) is 9.66. The maximum atomic E-state index is 11.7. The first-order valence-corrected chi connectivity index (χ1v) is 5.62. The summed E-state index contributed by atoms with van der Waals surface area (Å²) in [5.74, 6) is 0.939. The van der Waals surface area contributed by atoms with Gasteiger partial charge in [0.15, 0.2) is 0 Å². The van der Waals surface area contributed by atoms with Crippen molar-refractivity contribution in [2.24, 2.45) is 0 Å². The van der Waals surface area contributed by atoms with Crippen LogP contribution in [0.15, 0.2) is 18.2 Å². The van der Waals surface area contributed by atoms with Crippen molar-refractivity contribution in [3.8, 4) is 5.75 Å². The highest BCUT2D eigenvalue weighted by Gasteiger charge is 2.29. The Morgan fingerprint density at radius 2 is 2.19 bits per heavy atom. The van der Waals surface area contributed by atoms with Crippen molar-refractivity contribution in [1.82, 2.24) is 0 Å². The first kappa shape index (κ1) is 11.0. The molecule has 0 unspecified atom stereocenters. The van der Waals surface area contributed by atoms with E-state index < -0.39 is 0 Å². The number of hydrogen-bond donors (Lipinski definition) is 0. The summed E-state index contributed by atoms with van der Waals surface area (Å²) in [5, 5.41) is 0. The number of esters is 1. The van der Waals surface area contributed by atoms with Crippen molar-refractivity contribution in [1.29, 1.82) is 0 Å². The average Bonchev–Trinajstić information content (AvgIpc) is 3.12. The van der Waals surface area contributed by atoms with Gasteiger partial charge in [0.2, 0.25) is 0 Å². The molecule has 16 heavy (non-hydrogen) atoms. The van der Waals surface area contributed by atoms with E-state index in [1.54, 1.807) is 20.1 Å². The third kappa shape index (κ3) is 2.03. The maximum Gasteiger partial charge on any atom is 0.341 e. The van der Waals surface area contributed by atoms with Crippen LogP contribution in [0.1, 0.15) is 41.6 Å². The van der Waals surface area contributed by atoms with Crippen LogP contribution in [0.2, 0.25) is 0 Å². The lowest BCUT2D eigenvalue weighted by molar-refractivity contribution is 0.0522. The van der Waals surface area contributed by atoms with Crippen LogP contribution < -0.4 is 4.74 Å². The van der Waals surface area contributed by atoms with E-state index in [-0.39, 0.29) is 5.97 Å². The molecule has 0 N–H and O–H groups in total. The minimum absolute atomic E-state index is 0.304. The fourth-order valence-electron chi connectivity index (χ4n) is 1.87. The number of methoxy groups -OCH3 is 1. The summed E-state index contributed by atoms with van der Waals surface area (Å²) in [5.41, 5.74) is 1.67. The molecule has 0 aromatic heterocycles. The smallest absolute Gasteiger partial charge is 0.341 e. The summed E-state index contributed by atoms with van der Waals surface area (Å²) in [6.07, 6.45) is 2.37. The van der Waals surface area contributed by atoms with E-state index in [2.05, 4.69) is 0 Å². The summed E-state index contributed by atoms with van der Waals surface area (Å²) in [6.45, 7) is 2.19. The Morgan fingerprint density at radius 3 is 2.75 bits per heavy atom. The highest BCUT2D eigenvalue weighted by Crippen LogP contribution is 2.45. The third-order valence-corrected chi connectivity index (χ3v) is 2.76. The molecule has 1 fully saturated rings. The summed E-state index contributed by atoms with van der Waals surface area (Å²) in [4.78, 5) is 11.7. The Balaban J connectivity index is 2.36. The predicted octanol–water partition coefficient (Wildman–Crippen LogP) is 2.75. The summed E-state index contributed by atoms with van der Waals surface area (Å²) < 4.78 is 10.4. The molecular formula is C13H16O3. The lowest BCUT2D eigenvalue weighted by Gasteiger charge is -2.12. The van der Waals surface area contributed by atoms with Gasteiger partial charge in [-0.25, -0.2) is 4.79 Å². The molecule has 86 valence electrons. The Bertz CT molecular complexity index is 394. The van der Waals surface area contributed by atoms with Gasteiger partial charge < -0.3 is 9.47 Å². The van der Waals surface area contributed by atoms with Gasteiger partial charge >= 0.3 is 5.97 Å². The molecule has 0 aliphatic heterocycles. The molecule has 0 saturated heterocycles. The second-order valence-corrected chi connectivity index (χ2v) is 3.92. The maximum absolute atomic E-state index is 11.7. The van der Waals surface area contributed by atoms with Gasteiger partial charge in [0.05, 0.1) is 13.7 Å². The molecule has 1 aliphatic rings. The van der Waals surface area contributed by atoms with Crippen LogP contribution in [0.3, 0.4) is 0 Å². The van der Waals surface area contributed by atoms with E-state index in [9.17, 15) is 4.79 Å². The average molecular weight is 220 g/mol. The standard InChI is InChI=1S/C13H16O3/c1-3-16-13(14)11-6-4-5-10(9-7-8-9)12(11)15-2/h4-6,9H,3,7-8H2,1-2H3. The molecule has 0 bridgehead atoms. The molecule has 1 aliphatic carbocycles. The highest BCUT2D eigenvalue weighted by molar-refractivity contribution is 5.93. The monoisotopic (exact) mass is 220 g/mol. The number of carbonyl (C=O) groups is 1. The Morgan fingerprint density at radius 1 is 1.44 bits per heavy atom.